The molecule has 0 atom stereocenters. The van der Waals surface area contributed by atoms with E-state index in [0.717, 1.165) is 33.1 Å². The van der Waals surface area contributed by atoms with Crippen LogP contribution in [0.25, 0.3) is 11.1 Å². The second kappa shape index (κ2) is 8.89. The molecule has 0 spiro atoms. The summed E-state index contributed by atoms with van der Waals surface area (Å²) in [5.41, 5.74) is 4.98. The van der Waals surface area contributed by atoms with Crippen molar-refractivity contribution in [2.24, 2.45) is 0 Å². The van der Waals surface area contributed by atoms with Gasteiger partial charge in [0.05, 0.1) is 55.3 Å². The largest absolute Gasteiger partial charge is 0.481 e. The summed E-state index contributed by atoms with van der Waals surface area (Å²) in [5, 5.41) is 17.8. The molecular weight excluding hydrogens is 428 g/mol. The molecule has 4 aromatic rings. The molecule has 162 valence electrons. The predicted molar refractivity (Wildman–Crippen MR) is 120 cm³/mol. The number of anilines is 1. The molecule has 2 N–H and O–H groups in total. The summed E-state index contributed by atoms with van der Waals surface area (Å²) in [6.45, 7) is 2.19. The molecule has 10 heteroatoms. The highest BCUT2D eigenvalue weighted by Gasteiger charge is 2.28. The van der Waals surface area contributed by atoms with Crippen LogP contribution in [0.3, 0.4) is 0 Å². The molecule has 0 saturated carbocycles. The van der Waals surface area contributed by atoms with Crippen molar-refractivity contribution in [1.82, 2.24) is 35.9 Å². The fourth-order valence-electron chi connectivity index (χ4n) is 3.84. The molecule has 32 heavy (non-hydrogen) atoms. The molecule has 2 aromatic heterocycles. The second-order valence-corrected chi connectivity index (χ2v) is 7.74. The van der Waals surface area contributed by atoms with Crippen LogP contribution in [0.1, 0.15) is 22.9 Å². The third kappa shape index (κ3) is 4.00. The SMILES string of the molecule is COc1nc(CNCc2nn[nH]n2)nc2c1CN(c1cccc(-c3ccccc3)c1Cl)C2. The fourth-order valence-corrected chi connectivity index (χ4v) is 4.19. The summed E-state index contributed by atoms with van der Waals surface area (Å²) in [6, 6.07) is 16.3. The summed E-state index contributed by atoms with van der Waals surface area (Å²) < 4.78 is 5.58. The Bertz CT molecular complexity index is 1220. The molecule has 0 aliphatic carbocycles. The van der Waals surface area contributed by atoms with Gasteiger partial charge in [-0.3, -0.25) is 0 Å². The Balaban J connectivity index is 1.37. The molecular formula is C22H21ClN8O. The predicted octanol–water partition coefficient (Wildman–Crippen LogP) is 3.13. The van der Waals surface area contributed by atoms with E-state index in [4.69, 9.17) is 21.3 Å². The van der Waals surface area contributed by atoms with Gasteiger partial charge in [-0.1, -0.05) is 59.3 Å². The van der Waals surface area contributed by atoms with E-state index < -0.39 is 0 Å². The normalized spacial score (nSPS) is 12.8. The number of fused-ring (bicyclic) bond motifs is 1. The molecule has 0 saturated heterocycles. The van der Waals surface area contributed by atoms with Gasteiger partial charge < -0.3 is 15.0 Å². The van der Waals surface area contributed by atoms with Crippen LogP contribution >= 0.6 is 11.6 Å². The number of tetrazole rings is 1. The van der Waals surface area contributed by atoms with E-state index >= 15 is 0 Å². The summed E-state index contributed by atoms with van der Waals surface area (Å²) in [4.78, 5) is 11.5. The Hall–Kier alpha value is -3.56. The highest BCUT2D eigenvalue weighted by molar-refractivity contribution is 6.36. The van der Waals surface area contributed by atoms with Gasteiger partial charge in [0.2, 0.25) is 5.88 Å². The highest BCUT2D eigenvalue weighted by Crippen LogP contribution is 2.40. The van der Waals surface area contributed by atoms with Crippen LogP contribution in [0.2, 0.25) is 5.02 Å². The third-order valence-electron chi connectivity index (χ3n) is 5.34. The first-order chi connectivity index (χ1) is 15.7. The maximum Gasteiger partial charge on any atom is 0.221 e. The first-order valence-corrected chi connectivity index (χ1v) is 10.6. The van der Waals surface area contributed by atoms with E-state index in [1.54, 1.807) is 7.11 Å². The van der Waals surface area contributed by atoms with Gasteiger partial charge in [-0.2, -0.15) is 10.2 Å². The van der Waals surface area contributed by atoms with E-state index in [-0.39, 0.29) is 0 Å². The summed E-state index contributed by atoms with van der Waals surface area (Å²) in [5.74, 6) is 1.82. The summed E-state index contributed by atoms with van der Waals surface area (Å²) >= 11 is 6.85. The number of benzene rings is 2. The van der Waals surface area contributed by atoms with E-state index in [9.17, 15) is 0 Å². The van der Waals surface area contributed by atoms with Gasteiger partial charge in [-0.15, -0.1) is 10.2 Å². The fraction of sp³-hybridized carbons (Fsp3) is 0.227. The van der Waals surface area contributed by atoms with Crippen LogP contribution in [-0.4, -0.2) is 37.7 Å². The van der Waals surface area contributed by atoms with Crippen molar-refractivity contribution in [2.45, 2.75) is 26.2 Å². The van der Waals surface area contributed by atoms with Gasteiger partial charge >= 0.3 is 0 Å². The van der Waals surface area contributed by atoms with Crippen molar-refractivity contribution in [3.63, 3.8) is 0 Å². The molecule has 1 aliphatic rings. The van der Waals surface area contributed by atoms with Gasteiger partial charge in [-0.05, 0) is 11.6 Å². The van der Waals surface area contributed by atoms with Gasteiger partial charge in [0.25, 0.3) is 0 Å². The van der Waals surface area contributed by atoms with Crippen LogP contribution in [0.5, 0.6) is 5.88 Å². The second-order valence-electron chi connectivity index (χ2n) is 7.37. The van der Waals surface area contributed by atoms with Crippen molar-refractivity contribution in [3.8, 4) is 17.0 Å². The van der Waals surface area contributed by atoms with E-state index in [1.807, 2.05) is 36.4 Å². The Kier molecular flexibility index (Phi) is 5.66. The number of aromatic amines is 1. The molecule has 0 unspecified atom stereocenters. The number of nitrogens with one attached hydrogen (secondary N) is 2. The molecule has 0 amide bonds. The Morgan fingerprint density at radius 2 is 1.88 bits per heavy atom. The van der Waals surface area contributed by atoms with Gasteiger partial charge in [-0.25, -0.2) is 4.98 Å². The maximum absolute atomic E-state index is 6.85. The third-order valence-corrected chi connectivity index (χ3v) is 5.74. The number of nitrogens with zero attached hydrogens (tertiary/aromatic N) is 6. The van der Waals surface area contributed by atoms with Crippen molar-refractivity contribution in [2.75, 3.05) is 12.0 Å². The molecule has 2 aromatic carbocycles. The van der Waals surface area contributed by atoms with Crippen LogP contribution < -0.4 is 15.0 Å². The number of ether oxygens (including phenoxy) is 1. The zero-order valence-electron chi connectivity index (χ0n) is 17.4. The Morgan fingerprint density at radius 3 is 2.66 bits per heavy atom. The first kappa shape index (κ1) is 20.3. The van der Waals surface area contributed by atoms with Crippen LogP contribution in [0.15, 0.2) is 48.5 Å². The lowest BCUT2D eigenvalue weighted by atomic mass is 10.0. The van der Waals surface area contributed by atoms with E-state index in [1.165, 1.54) is 0 Å². The number of hydrogen-bond donors (Lipinski definition) is 2. The molecule has 3 heterocycles. The van der Waals surface area contributed by atoms with Gasteiger partial charge in [0.1, 0.15) is 5.82 Å². The smallest absolute Gasteiger partial charge is 0.221 e. The number of hydrogen-bond acceptors (Lipinski definition) is 8. The monoisotopic (exact) mass is 448 g/mol. The molecule has 5 rings (SSSR count). The number of methoxy groups -OCH3 is 1. The number of halogens is 1. The minimum absolute atomic E-state index is 0.461. The lowest BCUT2D eigenvalue weighted by molar-refractivity contribution is 0.389. The van der Waals surface area contributed by atoms with Crippen molar-refractivity contribution >= 4 is 17.3 Å². The van der Waals surface area contributed by atoms with Crippen molar-refractivity contribution in [3.05, 3.63) is 76.5 Å². The number of rotatable bonds is 7. The molecule has 0 fully saturated rings. The van der Waals surface area contributed by atoms with Crippen molar-refractivity contribution < 1.29 is 4.74 Å². The molecule has 0 radical (unpaired) electrons. The maximum atomic E-state index is 6.85. The van der Waals surface area contributed by atoms with Crippen LogP contribution in [-0.2, 0) is 26.2 Å². The topological polar surface area (TPSA) is 105 Å². The average Bonchev–Trinajstić information content (AvgIpc) is 3.49. The summed E-state index contributed by atoms with van der Waals surface area (Å²) in [7, 11) is 1.63. The molecule has 9 nitrogen and oxygen atoms in total. The van der Waals surface area contributed by atoms with Crippen LogP contribution in [0.4, 0.5) is 5.69 Å². The van der Waals surface area contributed by atoms with Crippen molar-refractivity contribution in [1.29, 1.82) is 0 Å². The zero-order chi connectivity index (χ0) is 21.9. The van der Waals surface area contributed by atoms with Gasteiger partial charge in [0.15, 0.2) is 5.82 Å². The minimum atomic E-state index is 0.461. The number of H-pyrrole nitrogens is 1. The zero-order valence-corrected chi connectivity index (χ0v) is 18.2. The summed E-state index contributed by atoms with van der Waals surface area (Å²) in [6.07, 6.45) is 0. The highest BCUT2D eigenvalue weighted by atomic mass is 35.5. The average molecular weight is 449 g/mol. The quantitative estimate of drug-likeness (QED) is 0.444. The lowest BCUT2D eigenvalue weighted by Gasteiger charge is -2.20. The van der Waals surface area contributed by atoms with E-state index in [2.05, 4.69) is 48.0 Å². The Labute approximate surface area is 189 Å². The lowest BCUT2D eigenvalue weighted by Crippen LogP contribution is -2.17. The molecule has 0 bridgehead atoms. The Morgan fingerprint density at radius 1 is 1.03 bits per heavy atom. The van der Waals surface area contributed by atoms with Gasteiger partial charge in [0, 0.05) is 5.56 Å². The number of aromatic nitrogens is 6. The van der Waals surface area contributed by atoms with Crippen LogP contribution in [0, 0.1) is 0 Å². The first-order valence-electron chi connectivity index (χ1n) is 10.2. The molecule has 1 aliphatic heterocycles. The standard InChI is InChI=1S/C22H21ClN8O/c1-32-22-16-12-31(18-9-5-8-15(21(18)23)14-6-3-2-4-7-14)13-17(16)25-19(26-22)10-24-11-20-27-29-30-28-20/h2-9,24H,10-13H2,1H3,(H,27,28,29,30). The minimum Gasteiger partial charge on any atom is -0.481 e. The van der Waals surface area contributed by atoms with E-state index in [0.29, 0.717) is 43.7 Å².